The zero-order chi connectivity index (χ0) is 49.1. The zero-order valence-electron chi connectivity index (χ0n) is 41.1. The quantitative estimate of drug-likeness (QED) is 0.101. The van der Waals surface area contributed by atoms with Crippen molar-refractivity contribution >= 4 is 34.0 Å². The molecule has 2 saturated carbocycles. The number of hydrogen-bond acceptors (Lipinski definition) is 4. The van der Waals surface area contributed by atoms with E-state index in [2.05, 4.69) is 200 Å². The average molecular weight is 960 g/mol. The molecule has 10 aromatic carbocycles. The second-order valence-electron chi connectivity index (χ2n) is 20.6. The second kappa shape index (κ2) is 18.2. The summed E-state index contributed by atoms with van der Waals surface area (Å²) < 4.78 is 13.0. The molecule has 0 aliphatic heterocycles. The van der Waals surface area contributed by atoms with E-state index in [-0.39, 0.29) is 5.41 Å². The summed E-state index contributed by atoms with van der Waals surface area (Å²) in [5.74, 6) is 3.27. The summed E-state index contributed by atoms with van der Waals surface area (Å²) in [6.07, 6.45) is 4.98. The molecule has 0 amide bonds. The van der Waals surface area contributed by atoms with Crippen LogP contribution in [0, 0.1) is 11.8 Å². The number of aromatic nitrogens is 3. The monoisotopic (exact) mass is 959 g/mol. The summed E-state index contributed by atoms with van der Waals surface area (Å²) in [5, 5.41) is 5.80. The normalized spacial score (nSPS) is 17.3. The number of benzene rings is 10. The van der Waals surface area contributed by atoms with Gasteiger partial charge in [0.25, 0.3) is 0 Å². The molecule has 0 radical (unpaired) electrons. The van der Waals surface area contributed by atoms with Gasteiger partial charge in [0.15, 0.2) is 17.5 Å². The molecule has 0 saturated heterocycles. The molecule has 2 aliphatic rings. The molecule has 2 fully saturated rings. The maximum absolute atomic E-state index is 13.0. The van der Waals surface area contributed by atoms with Gasteiger partial charge >= 0.3 is 0 Å². The van der Waals surface area contributed by atoms with E-state index in [0.29, 0.717) is 23.4 Å². The van der Waals surface area contributed by atoms with Crippen LogP contribution < -0.4 is 5.30 Å². The fourth-order valence-electron chi connectivity index (χ4n) is 12.4. The average Bonchev–Trinajstić information content (AvgIpc) is 4.08. The molecule has 0 N–H and O–H groups in total. The lowest BCUT2D eigenvalue weighted by Crippen LogP contribution is -2.34. The molecule has 73 heavy (non-hydrogen) atoms. The van der Waals surface area contributed by atoms with Gasteiger partial charge in [0.05, 0.1) is 0 Å². The predicted octanol–water partition coefficient (Wildman–Crippen LogP) is 17.2. The Morgan fingerprint density at radius 1 is 0.370 bits per heavy atom. The molecule has 3 atom stereocenters. The van der Waals surface area contributed by atoms with Crippen molar-refractivity contribution in [2.45, 2.75) is 31.1 Å². The van der Waals surface area contributed by atoms with E-state index < -0.39 is 7.14 Å². The first-order valence-electron chi connectivity index (χ1n) is 25.7. The summed E-state index contributed by atoms with van der Waals surface area (Å²) in [7, 11) is -2.37. The predicted molar refractivity (Wildman–Crippen MR) is 305 cm³/mol. The number of hydrogen-bond donors (Lipinski definition) is 0. The van der Waals surface area contributed by atoms with E-state index in [1.54, 1.807) is 0 Å². The molecular formula is C68H54N3OP. The highest BCUT2D eigenvalue weighted by molar-refractivity contribution is 7.70. The van der Waals surface area contributed by atoms with Gasteiger partial charge in [-0.15, -0.1) is 0 Å². The Hall–Kier alpha value is -8.04. The topological polar surface area (TPSA) is 55.7 Å². The highest BCUT2D eigenvalue weighted by Crippen LogP contribution is 2.60. The Bertz CT molecular complexity index is 3810. The molecule has 1 aromatic heterocycles. The Morgan fingerprint density at radius 3 is 1.08 bits per heavy atom. The van der Waals surface area contributed by atoms with Crippen molar-refractivity contribution in [1.29, 1.82) is 0 Å². The van der Waals surface area contributed by atoms with Gasteiger partial charge in [-0.2, -0.15) is 0 Å². The lowest BCUT2D eigenvalue weighted by molar-refractivity contribution is 0.320. The van der Waals surface area contributed by atoms with Crippen LogP contribution in [-0.4, -0.2) is 28.3 Å². The Labute approximate surface area is 427 Å². The third-order valence-corrected chi connectivity index (χ3v) is 17.6. The van der Waals surface area contributed by atoms with Gasteiger partial charge in [0.1, 0.15) is 7.14 Å². The van der Waals surface area contributed by atoms with Gasteiger partial charge in [0, 0.05) is 27.4 Å². The minimum Gasteiger partial charge on any atom is -0.319 e. The smallest absolute Gasteiger partial charge is 0.164 e. The molecule has 13 rings (SSSR count). The molecular weight excluding hydrogens is 906 g/mol. The molecule has 1 heterocycles. The van der Waals surface area contributed by atoms with Gasteiger partial charge in [-0.05, 0) is 122 Å². The van der Waals surface area contributed by atoms with Gasteiger partial charge in [0.2, 0.25) is 0 Å². The molecule has 11 aromatic rings. The minimum atomic E-state index is -2.37. The largest absolute Gasteiger partial charge is 0.319 e. The molecule has 4 nitrogen and oxygen atoms in total. The third kappa shape index (κ3) is 8.11. The maximum atomic E-state index is 13.0. The summed E-state index contributed by atoms with van der Waals surface area (Å²) >= 11 is 0. The van der Waals surface area contributed by atoms with Crippen LogP contribution in [0.5, 0.6) is 0 Å². The molecule has 0 spiro atoms. The van der Waals surface area contributed by atoms with Crippen LogP contribution in [0.1, 0.15) is 36.8 Å². The zero-order valence-corrected chi connectivity index (χ0v) is 42.0. The van der Waals surface area contributed by atoms with E-state index in [9.17, 15) is 4.57 Å². The summed E-state index contributed by atoms with van der Waals surface area (Å²) in [4.78, 5) is 15.4. The van der Waals surface area contributed by atoms with Crippen molar-refractivity contribution in [3.63, 3.8) is 0 Å². The minimum absolute atomic E-state index is 0.0792. The highest BCUT2D eigenvalue weighted by atomic mass is 31.2. The molecule has 352 valence electrons. The van der Waals surface area contributed by atoms with Gasteiger partial charge in [-0.3, -0.25) is 0 Å². The number of fused-ring (bicyclic) bond motifs is 4. The molecule has 3 unspecified atom stereocenters. The maximum Gasteiger partial charge on any atom is 0.164 e. The van der Waals surface area contributed by atoms with E-state index in [0.717, 1.165) is 51.0 Å². The van der Waals surface area contributed by atoms with Crippen molar-refractivity contribution in [3.8, 4) is 78.7 Å². The SMILES string of the molecule is CP(C)(=O)c1ccc(-c2c3ccccc3c(-c3ccc(C4(c5ccc(-c6nc(-c7ccccc7)nc(-c7ccc(-c8ccc(-c9ccccc9)cc8)cc7)n6)cc5)CC5CCC4C5)cc3)c3ccccc23)cc1. The van der Waals surface area contributed by atoms with Gasteiger partial charge < -0.3 is 4.57 Å². The van der Waals surface area contributed by atoms with Crippen molar-refractivity contribution in [2.75, 3.05) is 13.3 Å². The first-order valence-corrected chi connectivity index (χ1v) is 28.3. The Balaban J connectivity index is 0.844. The first kappa shape index (κ1) is 44.9. The highest BCUT2D eigenvalue weighted by Gasteiger charge is 2.52. The van der Waals surface area contributed by atoms with Crippen LogP contribution in [-0.2, 0) is 9.98 Å². The van der Waals surface area contributed by atoms with Crippen molar-refractivity contribution < 1.29 is 4.57 Å². The van der Waals surface area contributed by atoms with Crippen molar-refractivity contribution in [1.82, 2.24) is 15.0 Å². The number of nitrogens with zero attached hydrogens (tertiary/aromatic N) is 3. The standard InChI is InChI=1S/C68H54N3OP/c1-73(2,72)58-41-34-51(35-42-58)64-61-19-11-9-17-59(61)63(60-18-10-12-20-62(60)64)50-30-37-55(38-31-50)68(44-45-21-36-57(68)43-45)56-39-32-54(33-40-56)67-70-65(52-15-7-4-8-16-52)69-66(71-67)53-28-26-49(27-29-53)48-24-22-47(23-25-48)46-13-5-3-6-14-46/h3-20,22-35,37-42,45,57H,21,36,43-44H2,1-2H3. The van der Waals surface area contributed by atoms with Crippen LogP contribution in [0.4, 0.5) is 0 Å². The van der Waals surface area contributed by atoms with Gasteiger partial charge in [-0.25, -0.2) is 15.0 Å². The first-order chi connectivity index (χ1) is 35.8. The van der Waals surface area contributed by atoms with Crippen LogP contribution in [0.15, 0.2) is 231 Å². The van der Waals surface area contributed by atoms with Crippen LogP contribution >= 0.6 is 7.14 Å². The molecule has 5 heteroatoms. The summed E-state index contributed by atoms with van der Waals surface area (Å²) in [5.41, 5.74) is 15.1. The molecule has 2 bridgehead atoms. The van der Waals surface area contributed by atoms with Crippen LogP contribution in [0.25, 0.3) is 100 Å². The fraction of sp³-hybridized carbons (Fsp3) is 0.132. The van der Waals surface area contributed by atoms with Crippen molar-refractivity contribution in [2.24, 2.45) is 11.8 Å². The Morgan fingerprint density at radius 2 is 0.699 bits per heavy atom. The van der Waals surface area contributed by atoms with Crippen molar-refractivity contribution in [3.05, 3.63) is 242 Å². The van der Waals surface area contributed by atoms with E-state index >= 15 is 0 Å². The van der Waals surface area contributed by atoms with Crippen LogP contribution in [0.2, 0.25) is 0 Å². The van der Waals surface area contributed by atoms with Gasteiger partial charge in [-0.1, -0.05) is 237 Å². The van der Waals surface area contributed by atoms with E-state index in [1.807, 2.05) is 43.7 Å². The summed E-state index contributed by atoms with van der Waals surface area (Å²) in [6, 6.07) is 82.9. The fourth-order valence-corrected chi connectivity index (χ4v) is 13.3. The third-order valence-electron chi connectivity index (χ3n) is 16.0. The Kier molecular flexibility index (Phi) is 11.2. The van der Waals surface area contributed by atoms with Crippen LogP contribution in [0.3, 0.4) is 0 Å². The number of rotatable bonds is 10. The van der Waals surface area contributed by atoms with E-state index in [1.165, 1.54) is 79.8 Å². The summed E-state index contributed by atoms with van der Waals surface area (Å²) in [6.45, 7) is 3.68. The molecule has 2 aliphatic carbocycles. The van der Waals surface area contributed by atoms with E-state index in [4.69, 9.17) is 15.0 Å². The lowest BCUT2D eigenvalue weighted by Gasteiger charge is -2.39. The second-order valence-corrected chi connectivity index (χ2v) is 23.9. The lowest BCUT2D eigenvalue weighted by atomic mass is 9.64.